The third-order valence-electron chi connectivity index (χ3n) is 4.12. The first-order valence-corrected chi connectivity index (χ1v) is 10.3. The molecule has 0 aliphatic heterocycles. The van der Waals surface area contributed by atoms with Crippen LogP contribution in [0.15, 0.2) is 74.7 Å². The Hall–Kier alpha value is -3.40. The second-order valence-corrected chi connectivity index (χ2v) is 7.80. The lowest BCUT2D eigenvalue weighted by Gasteiger charge is -2.03. The molecule has 0 unspecified atom stereocenters. The number of rotatable bonds is 5. The van der Waals surface area contributed by atoms with E-state index in [1.54, 1.807) is 35.7 Å². The van der Waals surface area contributed by atoms with Crippen LogP contribution in [-0.4, -0.2) is 20.9 Å². The number of para-hydroxylation sites is 1. The maximum atomic E-state index is 11.2. The molecule has 0 aliphatic rings. The average Bonchev–Trinajstić information content (AvgIpc) is 3.40. The smallest absolute Gasteiger partial charge is 0.312 e. The van der Waals surface area contributed by atoms with Crippen LogP contribution >= 0.6 is 34.5 Å². The molecule has 0 saturated carbocycles. The Morgan fingerprint density at radius 3 is 2.71 bits per heavy atom. The summed E-state index contributed by atoms with van der Waals surface area (Å²) in [5.74, 6) is -0.00609. The van der Waals surface area contributed by atoms with Crippen LogP contribution in [0.2, 0.25) is 10.0 Å². The van der Waals surface area contributed by atoms with Gasteiger partial charge in [0.25, 0.3) is 0 Å². The molecule has 0 aliphatic carbocycles. The number of aromatic hydroxyl groups is 1. The number of aromatic nitrogens is 1. The van der Waals surface area contributed by atoms with E-state index in [1.165, 1.54) is 34.6 Å². The molecule has 2 aromatic carbocycles. The minimum absolute atomic E-state index is 0.0759. The van der Waals surface area contributed by atoms with Crippen molar-refractivity contribution in [2.75, 3.05) is 0 Å². The van der Waals surface area contributed by atoms with Crippen molar-refractivity contribution in [1.82, 2.24) is 4.68 Å². The zero-order valence-corrected chi connectivity index (χ0v) is 17.8. The van der Waals surface area contributed by atoms with Crippen molar-refractivity contribution in [2.24, 2.45) is 10.1 Å². The summed E-state index contributed by atoms with van der Waals surface area (Å²) < 4.78 is 6.96. The Morgan fingerprint density at radius 2 is 2.00 bits per heavy atom. The van der Waals surface area contributed by atoms with E-state index in [2.05, 4.69) is 10.1 Å². The zero-order chi connectivity index (χ0) is 22.0. The highest BCUT2D eigenvalue weighted by Crippen LogP contribution is 2.32. The van der Waals surface area contributed by atoms with Crippen molar-refractivity contribution in [2.45, 2.75) is 0 Å². The number of halogens is 2. The van der Waals surface area contributed by atoms with Crippen molar-refractivity contribution >= 4 is 52.1 Å². The van der Waals surface area contributed by atoms with Gasteiger partial charge in [-0.25, -0.2) is 9.67 Å². The number of thiazole rings is 1. The van der Waals surface area contributed by atoms with E-state index < -0.39 is 16.4 Å². The fourth-order valence-corrected chi connectivity index (χ4v) is 3.92. The number of hydrogen-bond acceptors (Lipinski definition) is 7. The van der Waals surface area contributed by atoms with Gasteiger partial charge >= 0.3 is 5.69 Å². The predicted octanol–water partition coefficient (Wildman–Crippen LogP) is 5.84. The first-order chi connectivity index (χ1) is 14.9. The summed E-state index contributed by atoms with van der Waals surface area (Å²) in [6.07, 6.45) is 2.79. The molecule has 0 bridgehead atoms. The second kappa shape index (κ2) is 8.76. The van der Waals surface area contributed by atoms with Crippen LogP contribution in [0.25, 0.3) is 11.5 Å². The van der Waals surface area contributed by atoms with Gasteiger partial charge in [-0.3, -0.25) is 10.1 Å². The summed E-state index contributed by atoms with van der Waals surface area (Å²) in [4.78, 5) is 15.5. The van der Waals surface area contributed by atoms with Crippen LogP contribution in [0.1, 0.15) is 5.56 Å². The Morgan fingerprint density at radius 1 is 1.19 bits per heavy atom. The van der Waals surface area contributed by atoms with Crippen LogP contribution in [0.4, 0.5) is 11.4 Å². The number of benzene rings is 2. The lowest BCUT2D eigenvalue weighted by Crippen LogP contribution is -2.11. The van der Waals surface area contributed by atoms with E-state index in [0.29, 0.717) is 27.0 Å². The third-order valence-corrected chi connectivity index (χ3v) is 5.47. The Kier molecular flexibility index (Phi) is 5.90. The Bertz CT molecular complexity index is 1360. The average molecular weight is 475 g/mol. The van der Waals surface area contributed by atoms with E-state index in [9.17, 15) is 15.2 Å². The summed E-state index contributed by atoms with van der Waals surface area (Å²) in [7, 11) is 0. The quantitative estimate of drug-likeness (QED) is 0.222. The number of nitro benzene ring substituents is 1. The summed E-state index contributed by atoms with van der Waals surface area (Å²) >= 11 is 13.5. The van der Waals surface area contributed by atoms with Gasteiger partial charge in [0.2, 0.25) is 10.6 Å². The number of nitrogens with zero attached hydrogens (tertiary/aromatic N) is 4. The molecule has 2 aromatic heterocycles. The van der Waals surface area contributed by atoms with Gasteiger partial charge in [-0.2, -0.15) is 5.10 Å². The number of furan rings is 1. The highest BCUT2D eigenvalue weighted by Gasteiger charge is 2.18. The summed E-state index contributed by atoms with van der Waals surface area (Å²) in [6.45, 7) is 0. The molecule has 0 radical (unpaired) electrons. The van der Waals surface area contributed by atoms with E-state index in [4.69, 9.17) is 27.6 Å². The van der Waals surface area contributed by atoms with Crippen LogP contribution in [0.3, 0.4) is 0 Å². The standard InChI is InChI=1S/C20H12Cl2N4O4S/c21-13-8-12(19(27)16(9-13)26(28)29)10-23-25-17(18-6-3-7-30-18)11-31-20(25)24-15-5-2-1-4-14(15)22/h1-11,27H. The molecule has 4 rings (SSSR count). The molecule has 0 fully saturated rings. The second-order valence-electron chi connectivity index (χ2n) is 6.12. The molecular formula is C20H12Cl2N4O4S. The Labute approximate surface area is 189 Å². The van der Waals surface area contributed by atoms with Crippen molar-refractivity contribution in [1.29, 1.82) is 0 Å². The molecule has 8 nitrogen and oxygen atoms in total. The van der Waals surface area contributed by atoms with Gasteiger partial charge in [-0.1, -0.05) is 35.3 Å². The SMILES string of the molecule is O=[N+]([O-])c1cc(Cl)cc(C=Nn2c(-c3ccco3)csc2=Nc2ccccc2Cl)c1O. The normalized spacial score (nSPS) is 12.0. The van der Waals surface area contributed by atoms with Crippen molar-refractivity contribution in [3.63, 3.8) is 0 Å². The molecule has 0 atom stereocenters. The number of phenols is 1. The number of hydrogen-bond donors (Lipinski definition) is 1. The summed E-state index contributed by atoms with van der Waals surface area (Å²) in [5.41, 5.74) is 0.693. The van der Waals surface area contributed by atoms with Crippen LogP contribution < -0.4 is 4.80 Å². The van der Waals surface area contributed by atoms with E-state index in [1.807, 2.05) is 6.07 Å². The predicted molar refractivity (Wildman–Crippen MR) is 119 cm³/mol. The first-order valence-electron chi connectivity index (χ1n) is 8.69. The van der Waals surface area contributed by atoms with Gasteiger partial charge in [0.05, 0.1) is 28.1 Å². The third kappa shape index (κ3) is 4.38. The van der Waals surface area contributed by atoms with Crippen molar-refractivity contribution in [3.05, 3.63) is 90.7 Å². The number of nitro groups is 1. The van der Waals surface area contributed by atoms with Crippen LogP contribution in [0, 0.1) is 10.1 Å². The van der Waals surface area contributed by atoms with Gasteiger partial charge in [-0.05, 0) is 30.3 Å². The molecule has 4 aromatic rings. The van der Waals surface area contributed by atoms with E-state index in [0.717, 1.165) is 6.07 Å². The first kappa shape index (κ1) is 20.9. The van der Waals surface area contributed by atoms with Gasteiger partial charge in [0.1, 0.15) is 5.69 Å². The molecule has 1 N–H and O–H groups in total. The lowest BCUT2D eigenvalue weighted by atomic mass is 10.2. The molecule has 11 heteroatoms. The minimum Gasteiger partial charge on any atom is -0.502 e. The maximum Gasteiger partial charge on any atom is 0.312 e. The van der Waals surface area contributed by atoms with E-state index >= 15 is 0 Å². The monoisotopic (exact) mass is 474 g/mol. The molecular weight excluding hydrogens is 463 g/mol. The summed E-state index contributed by atoms with van der Waals surface area (Å²) in [5, 5.41) is 28.1. The number of phenolic OH excluding ortho intramolecular Hbond substituents is 1. The fraction of sp³-hybridized carbons (Fsp3) is 0. The maximum absolute atomic E-state index is 11.2. The molecule has 0 spiro atoms. The van der Waals surface area contributed by atoms with E-state index in [-0.39, 0.29) is 10.6 Å². The van der Waals surface area contributed by atoms with Crippen molar-refractivity contribution < 1.29 is 14.4 Å². The molecule has 0 amide bonds. The lowest BCUT2D eigenvalue weighted by molar-refractivity contribution is -0.385. The molecule has 31 heavy (non-hydrogen) atoms. The summed E-state index contributed by atoms with van der Waals surface area (Å²) in [6, 6.07) is 13.0. The minimum atomic E-state index is -0.720. The van der Waals surface area contributed by atoms with Crippen molar-refractivity contribution in [3.8, 4) is 17.2 Å². The largest absolute Gasteiger partial charge is 0.502 e. The molecule has 2 heterocycles. The highest BCUT2D eigenvalue weighted by atomic mass is 35.5. The van der Waals surface area contributed by atoms with Crippen LogP contribution in [-0.2, 0) is 0 Å². The van der Waals surface area contributed by atoms with Crippen LogP contribution in [0.5, 0.6) is 5.75 Å². The van der Waals surface area contributed by atoms with Gasteiger partial charge in [-0.15, -0.1) is 11.3 Å². The molecule has 0 saturated heterocycles. The van der Waals surface area contributed by atoms with Gasteiger partial charge in [0.15, 0.2) is 5.76 Å². The van der Waals surface area contributed by atoms with Gasteiger partial charge in [0, 0.05) is 22.0 Å². The molecule has 156 valence electrons. The Balaban J connectivity index is 1.87. The zero-order valence-electron chi connectivity index (χ0n) is 15.5. The topological polar surface area (TPSA) is 106 Å². The highest BCUT2D eigenvalue weighted by molar-refractivity contribution is 7.07. The fourth-order valence-electron chi connectivity index (χ4n) is 2.69. The van der Waals surface area contributed by atoms with Gasteiger partial charge < -0.3 is 9.52 Å².